The monoisotopic (exact) mass is 597 g/mol. The molecule has 1 nitrogen and oxygen atoms in total. The molecule has 2 unspecified atom stereocenters. The van der Waals surface area contributed by atoms with E-state index in [4.69, 9.17) is 0 Å². The maximum absolute atomic E-state index is 2.88. The molecule has 5 aromatic carbocycles. The predicted molar refractivity (Wildman–Crippen MR) is 189 cm³/mol. The Morgan fingerprint density at radius 2 is 0.953 bits per heavy atom. The Balaban J connectivity index is 1.37. The molecule has 0 bridgehead atoms. The fourth-order valence-corrected chi connectivity index (χ4v) is 13.3. The highest BCUT2D eigenvalue weighted by Gasteiger charge is 2.43. The first-order chi connectivity index (χ1) is 21.4. The summed E-state index contributed by atoms with van der Waals surface area (Å²) in [5.74, 6) is 0.633. The molecule has 43 heavy (non-hydrogen) atoms. The van der Waals surface area contributed by atoms with Crippen molar-refractivity contribution in [2.75, 3.05) is 13.1 Å². The molecule has 5 aromatic rings. The Morgan fingerprint density at radius 3 is 1.49 bits per heavy atom. The van der Waals surface area contributed by atoms with Gasteiger partial charge in [0.15, 0.2) is 0 Å². The van der Waals surface area contributed by atoms with E-state index in [2.05, 4.69) is 150 Å². The van der Waals surface area contributed by atoms with Gasteiger partial charge in [-0.05, 0) is 98.3 Å². The van der Waals surface area contributed by atoms with Crippen LogP contribution in [-0.4, -0.2) is 23.6 Å². The molecule has 1 saturated heterocycles. The van der Waals surface area contributed by atoms with Crippen LogP contribution in [0.15, 0.2) is 146 Å². The molecule has 2 fully saturated rings. The maximum atomic E-state index is 2.88. The SMILES string of the molecule is c1ccc(P(c2ccccc2)c2ccccc2C([C@@H]2CCCC2P(c2ccccc2)c2ccccc2)N2CCCC2)cc1. The third-order valence-corrected chi connectivity index (χ3v) is 14.9. The lowest BCUT2D eigenvalue weighted by atomic mass is 9.90. The van der Waals surface area contributed by atoms with Crippen molar-refractivity contribution in [3.8, 4) is 0 Å². The lowest BCUT2D eigenvalue weighted by Crippen LogP contribution is -2.39. The van der Waals surface area contributed by atoms with Crippen LogP contribution in [0.25, 0.3) is 0 Å². The number of nitrogens with zero attached hydrogens (tertiary/aromatic N) is 1. The van der Waals surface area contributed by atoms with Gasteiger partial charge in [-0.25, -0.2) is 0 Å². The van der Waals surface area contributed by atoms with Crippen molar-refractivity contribution in [2.45, 2.75) is 43.8 Å². The van der Waals surface area contributed by atoms with E-state index >= 15 is 0 Å². The zero-order valence-electron chi connectivity index (χ0n) is 24.9. The van der Waals surface area contributed by atoms with Gasteiger partial charge in [0, 0.05) is 6.04 Å². The van der Waals surface area contributed by atoms with Gasteiger partial charge in [-0.1, -0.05) is 152 Å². The molecule has 0 spiro atoms. The molecular weight excluding hydrogens is 556 g/mol. The van der Waals surface area contributed by atoms with Crippen molar-refractivity contribution >= 4 is 42.4 Å². The Hall–Kier alpha value is -3.08. The summed E-state index contributed by atoms with van der Waals surface area (Å²) < 4.78 is 0. The van der Waals surface area contributed by atoms with Crippen molar-refractivity contribution in [2.24, 2.45) is 5.92 Å². The van der Waals surface area contributed by atoms with Gasteiger partial charge >= 0.3 is 0 Å². The molecular formula is C40H41NP2. The van der Waals surface area contributed by atoms with E-state index in [9.17, 15) is 0 Å². The summed E-state index contributed by atoms with van der Waals surface area (Å²) in [7, 11) is -1.13. The Kier molecular flexibility index (Phi) is 9.13. The predicted octanol–water partition coefficient (Wildman–Crippen LogP) is 7.88. The smallest absolute Gasteiger partial charge is 0.0389 e. The Bertz CT molecular complexity index is 1490. The zero-order valence-corrected chi connectivity index (χ0v) is 26.7. The van der Waals surface area contributed by atoms with E-state index in [1.165, 1.54) is 66.4 Å². The van der Waals surface area contributed by atoms with Crippen LogP contribution in [0.2, 0.25) is 0 Å². The number of benzene rings is 5. The first kappa shape index (κ1) is 28.7. The van der Waals surface area contributed by atoms with Crippen LogP contribution >= 0.6 is 15.8 Å². The van der Waals surface area contributed by atoms with Crippen LogP contribution in [0.1, 0.15) is 43.7 Å². The summed E-state index contributed by atoms with van der Waals surface area (Å²) in [6.45, 7) is 2.43. The number of hydrogen-bond donors (Lipinski definition) is 0. The number of likely N-dealkylation sites (tertiary alicyclic amines) is 1. The first-order valence-electron chi connectivity index (χ1n) is 16.0. The minimum absolute atomic E-state index is 0.445. The van der Waals surface area contributed by atoms with E-state index in [1.54, 1.807) is 10.9 Å². The van der Waals surface area contributed by atoms with Crippen LogP contribution in [0.4, 0.5) is 0 Å². The molecule has 0 N–H and O–H groups in total. The van der Waals surface area contributed by atoms with E-state index in [-0.39, 0.29) is 0 Å². The lowest BCUT2D eigenvalue weighted by molar-refractivity contribution is 0.179. The van der Waals surface area contributed by atoms with Gasteiger partial charge in [0.1, 0.15) is 0 Å². The third-order valence-electron chi connectivity index (χ3n) is 9.40. The molecule has 0 aromatic heterocycles. The minimum atomic E-state index is -0.667. The average Bonchev–Trinajstić information content (AvgIpc) is 3.78. The van der Waals surface area contributed by atoms with Crippen molar-refractivity contribution in [1.29, 1.82) is 0 Å². The number of hydrogen-bond acceptors (Lipinski definition) is 1. The highest BCUT2D eigenvalue weighted by molar-refractivity contribution is 7.80. The van der Waals surface area contributed by atoms with Crippen molar-refractivity contribution in [1.82, 2.24) is 4.90 Å². The molecule has 1 aliphatic heterocycles. The van der Waals surface area contributed by atoms with Gasteiger partial charge < -0.3 is 0 Å². The normalized spacial score (nSPS) is 19.7. The quantitative estimate of drug-likeness (QED) is 0.156. The molecule has 216 valence electrons. The van der Waals surface area contributed by atoms with Gasteiger partial charge in [0.25, 0.3) is 0 Å². The van der Waals surface area contributed by atoms with Crippen LogP contribution in [0.5, 0.6) is 0 Å². The molecule has 3 heteroatoms. The standard InChI is InChI=1S/C40H41NP2/c1-5-18-32(19-6-1)42(33-20-7-2-8-21-33)38-28-14-13-26-36(38)40(41-30-15-16-31-41)37-27-17-29-39(37)43(34-22-9-3-10-23-34)35-24-11-4-12-25-35/h1-14,18-26,28,37,39-40H,15-17,27,29-31H2/t37-,39?,40?/m1/s1. The summed E-state index contributed by atoms with van der Waals surface area (Å²) in [6.07, 6.45) is 6.58. The summed E-state index contributed by atoms with van der Waals surface area (Å²) in [5.41, 5.74) is 2.24. The second-order valence-corrected chi connectivity index (χ2v) is 16.6. The lowest BCUT2D eigenvalue weighted by Gasteiger charge is -2.41. The molecule has 1 heterocycles. The largest absolute Gasteiger partial charge is 0.296 e. The maximum Gasteiger partial charge on any atom is 0.0389 e. The highest BCUT2D eigenvalue weighted by atomic mass is 31.1. The highest BCUT2D eigenvalue weighted by Crippen LogP contribution is 2.55. The fourth-order valence-electron chi connectivity index (χ4n) is 7.61. The second kappa shape index (κ2) is 13.7. The van der Waals surface area contributed by atoms with E-state index in [0.29, 0.717) is 17.6 Å². The molecule has 3 atom stereocenters. The van der Waals surface area contributed by atoms with Gasteiger partial charge in [0.2, 0.25) is 0 Å². The topological polar surface area (TPSA) is 3.24 Å². The molecule has 0 radical (unpaired) electrons. The number of rotatable bonds is 9. The van der Waals surface area contributed by atoms with Gasteiger partial charge in [0.05, 0.1) is 0 Å². The van der Waals surface area contributed by atoms with E-state index in [0.717, 1.165) is 0 Å². The zero-order chi connectivity index (χ0) is 28.8. The van der Waals surface area contributed by atoms with Crippen LogP contribution in [-0.2, 0) is 0 Å². The van der Waals surface area contributed by atoms with Crippen LogP contribution < -0.4 is 26.5 Å². The van der Waals surface area contributed by atoms with Gasteiger partial charge in [-0.3, -0.25) is 4.90 Å². The summed E-state index contributed by atoms with van der Waals surface area (Å²) >= 11 is 0. The summed E-state index contributed by atoms with van der Waals surface area (Å²) in [4.78, 5) is 2.88. The van der Waals surface area contributed by atoms with Crippen molar-refractivity contribution in [3.05, 3.63) is 151 Å². The Labute approximate surface area is 260 Å². The van der Waals surface area contributed by atoms with E-state index in [1.807, 2.05) is 0 Å². The average molecular weight is 598 g/mol. The van der Waals surface area contributed by atoms with Gasteiger partial charge in [-0.15, -0.1) is 0 Å². The Morgan fingerprint density at radius 1 is 0.488 bits per heavy atom. The molecule has 7 rings (SSSR count). The van der Waals surface area contributed by atoms with Crippen LogP contribution in [0.3, 0.4) is 0 Å². The molecule has 1 saturated carbocycles. The van der Waals surface area contributed by atoms with Gasteiger partial charge in [-0.2, -0.15) is 0 Å². The first-order valence-corrected chi connectivity index (χ1v) is 18.8. The van der Waals surface area contributed by atoms with E-state index < -0.39 is 15.8 Å². The second-order valence-electron chi connectivity index (χ2n) is 12.0. The molecule has 2 aliphatic rings. The molecule has 0 amide bonds. The van der Waals surface area contributed by atoms with Crippen LogP contribution in [0, 0.1) is 5.92 Å². The van der Waals surface area contributed by atoms with Crippen molar-refractivity contribution in [3.63, 3.8) is 0 Å². The summed E-state index contributed by atoms with van der Waals surface area (Å²) in [5, 5.41) is 7.49. The van der Waals surface area contributed by atoms with Crippen molar-refractivity contribution < 1.29 is 0 Å². The summed E-state index contributed by atoms with van der Waals surface area (Å²) in [6, 6.07) is 55.5. The fraction of sp³-hybridized carbons (Fsp3) is 0.250. The molecule has 1 aliphatic carbocycles. The minimum Gasteiger partial charge on any atom is -0.296 e. The third kappa shape index (κ3) is 6.14.